The van der Waals surface area contributed by atoms with E-state index in [1.54, 1.807) is 7.11 Å². The fraction of sp³-hybridized carbons (Fsp3) is 0.143. The highest BCUT2D eigenvalue weighted by Crippen LogP contribution is 2.27. The fourth-order valence-electron chi connectivity index (χ4n) is 4.27. The average molecular weight is 485 g/mol. The first-order chi connectivity index (χ1) is 17.0. The Labute approximate surface area is 208 Å². The molecule has 5 aromatic rings. The van der Waals surface area contributed by atoms with Gasteiger partial charge in [-0.25, -0.2) is 4.98 Å². The number of methoxy groups -OCH3 is 1. The van der Waals surface area contributed by atoms with Crippen LogP contribution in [0.25, 0.3) is 22.2 Å². The van der Waals surface area contributed by atoms with Gasteiger partial charge in [0.25, 0.3) is 5.91 Å². The lowest BCUT2D eigenvalue weighted by molar-refractivity contribution is 0.0930. The average Bonchev–Trinajstić information content (AvgIpc) is 3.48. The number of nitrogens with zero attached hydrogens (tertiary/aromatic N) is 2. The molecule has 1 amide bonds. The molecule has 0 radical (unpaired) electrons. The van der Waals surface area contributed by atoms with E-state index >= 15 is 0 Å². The van der Waals surface area contributed by atoms with E-state index in [0.717, 1.165) is 39.3 Å². The number of aromatic amines is 1. The zero-order valence-electron chi connectivity index (χ0n) is 19.5. The molecular weight excluding hydrogens is 460 g/mol. The largest absolute Gasteiger partial charge is 0.497 e. The summed E-state index contributed by atoms with van der Waals surface area (Å²) >= 11 is 6.07. The van der Waals surface area contributed by atoms with Crippen LogP contribution < -0.4 is 10.1 Å². The van der Waals surface area contributed by atoms with Crippen molar-refractivity contribution in [1.29, 1.82) is 0 Å². The SMILES string of the molecule is COc1ccc(C[C@H](NC(=O)c2cc3ccccc3[nH]2)c2ncc(-c3ccc(Cl)cc3)n2C)cc1. The second-order valence-electron chi connectivity index (χ2n) is 8.42. The van der Waals surface area contributed by atoms with Gasteiger partial charge in [-0.3, -0.25) is 4.79 Å². The molecule has 0 saturated carbocycles. The van der Waals surface area contributed by atoms with Crippen molar-refractivity contribution in [3.05, 3.63) is 107 Å². The minimum Gasteiger partial charge on any atom is -0.497 e. The van der Waals surface area contributed by atoms with E-state index in [9.17, 15) is 4.79 Å². The van der Waals surface area contributed by atoms with Crippen LogP contribution >= 0.6 is 11.6 Å². The molecule has 0 spiro atoms. The number of carbonyl (C=O) groups is 1. The van der Waals surface area contributed by atoms with Gasteiger partial charge in [-0.15, -0.1) is 0 Å². The van der Waals surface area contributed by atoms with Gasteiger partial charge in [0.2, 0.25) is 0 Å². The highest BCUT2D eigenvalue weighted by Gasteiger charge is 2.23. The molecule has 6 nitrogen and oxygen atoms in total. The molecule has 5 rings (SSSR count). The van der Waals surface area contributed by atoms with Crippen LogP contribution in [0.3, 0.4) is 0 Å². The van der Waals surface area contributed by atoms with Gasteiger partial charge in [0.15, 0.2) is 0 Å². The smallest absolute Gasteiger partial charge is 0.268 e. The summed E-state index contributed by atoms with van der Waals surface area (Å²) in [6, 6.07) is 24.8. The van der Waals surface area contributed by atoms with Gasteiger partial charge in [-0.2, -0.15) is 0 Å². The third kappa shape index (κ3) is 4.79. The van der Waals surface area contributed by atoms with Gasteiger partial charge in [-0.05, 0) is 53.9 Å². The molecule has 7 heteroatoms. The summed E-state index contributed by atoms with van der Waals surface area (Å²) in [7, 11) is 3.60. The number of nitrogens with one attached hydrogen (secondary N) is 2. The van der Waals surface area contributed by atoms with E-state index in [0.29, 0.717) is 17.1 Å². The van der Waals surface area contributed by atoms with E-state index in [2.05, 4.69) is 10.3 Å². The molecule has 0 bridgehead atoms. The molecule has 0 aliphatic rings. The van der Waals surface area contributed by atoms with Crippen molar-refractivity contribution in [2.75, 3.05) is 7.11 Å². The number of H-pyrrole nitrogens is 1. The summed E-state index contributed by atoms with van der Waals surface area (Å²) in [5.41, 5.74) is 4.44. The molecule has 0 fully saturated rings. The zero-order valence-corrected chi connectivity index (χ0v) is 20.2. The maximum Gasteiger partial charge on any atom is 0.268 e. The molecule has 0 saturated heterocycles. The monoisotopic (exact) mass is 484 g/mol. The molecule has 3 aromatic carbocycles. The topological polar surface area (TPSA) is 71.9 Å². The lowest BCUT2D eigenvalue weighted by Gasteiger charge is -2.19. The molecule has 35 heavy (non-hydrogen) atoms. The summed E-state index contributed by atoms with van der Waals surface area (Å²) in [6.45, 7) is 0. The van der Waals surface area contributed by atoms with Crippen molar-refractivity contribution in [2.24, 2.45) is 7.05 Å². The van der Waals surface area contributed by atoms with Crippen molar-refractivity contribution in [2.45, 2.75) is 12.5 Å². The first-order valence-electron chi connectivity index (χ1n) is 11.3. The maximum atomic E-state index is 13.3. The van der Waals surface area contributed by atoms with E-state index in [1.165, 1.54) is 0 Å². The maximum absolute atomic E-state index is 13.3. The molecular formula is C28H25ClN4O2. The van der Waals surface area contributed by atoms with Crippen molar-refractivity contribution in [1.82, 2.24) is 19.9 Å². The first kappa shape index (κ1) is 22.7. The number of hydrogen-bond donors (Lipinski definition) is 2. The van der Waals surface area contributed by atoms with Crippen LogP contribution in [0.4, 0.5) is 0 Å². The zero-order chi connectivity index (χ0) is 24.4. The number of hydrogen-bond acceptors (Lipinski definition) is 3. The van der Waals surface area contributed by atoms with Crippen molar-refractivity contribution in [3.8, 4) is 17.0 Å². The third-order valence-electron chi connectivity index (χ3n) is 6.15. The number of imidazole rings is 1. The Balaban J connectivity index is 1.48. The Hall–Kier alpha value is -4.03. The number of benzene rings is 3. The number of para-hydroxylation sites is 1. The van der Waals surface area contributed by atoms with Crippen LogP contribution in [0.1, 0.15) is 27.9 Å². The van der Waals surface area contributed by atoms with Crippen molar-refractivity contribution in [3.63, 3.8) is 0 Å². The lowest BCUT2D eigenvalue weighted by atomic mass is 10.0. The Morgan fingerprint density at radius 3 is 2.54 bits per heavy atom. The normalized spacial score (nSPS) is 12.0. The van der Waals surface area contributed by atoms with Crippen molar-refractivity contribution < 1.29 is 9.53 Å². The predicted molar refractivity (Wildman–Crippen MR) is 139 cm³/mol. The number of halogens is 1. The fourth-order valence-corrected chi connectivity index (χ4v) is 4.40. The third-order valence-corrected chi connectivity index (χ3v) is 6.41. The second kappa shape index (κ2) is 9.68. The van der Waals surface area contributed by atoms with Gasteiger partial charge in [0.1, 0.15) is 17.3 Å². The number of carbonyl (C=O) groups excluding carboxylic acids is 1. The first-order valence-corrected chi connectivity index (χ1v) is 11.7. The highest BCUT2D eigenvalue weighted by molar-refractivity contribution is 6.30. The minimum atomic E-state index is -0.353. The molecule has 176 valence electrons. The predicted octanol–water partition coefficient (Wildman–Crippen LogP) is 5.94. The van der Waals surface area contributed by atoms with Crippen LogP contribution in [0.5, 0.6) is 5.75 Å². The van der Waals surface area contributed by atoms with Gasteiger partial charge in [0.05, 0.1) is 25.0 Å². The minimum absolute atomic E-state index is 0.184. The van der Waals surface area contributed by atoms with Crippen LogP contribution in [0.15, 0.2) is 85.1 Å². The number of ether oxygens (including phenoxy) is 1. The highest BCUT2D eigenvalue weighted by atomic mass is 35.5. The molecule has 1 atom stereocenters. The standard InChI is InChI=1S/C28H25ClN4O2/c1-33-26(19-9-11-21(29)12-10-19)17-30-27(33)24(15-18-7-13-22(35-2)14-8-18)32-28(34)25-16-20-5-3-4-6-23(20)31-25/h3-14,16-17,24,31H,15H2,1-2H3,(H,32,34)/t24-/m0/s1. The van der Waals surface area contributed by atoms with Crippen LogP contribution in [0.2, 0.25) is 5.02 Å². The molecule has 2 N–H and O–H groups in total. The molecule has 0 unspecified atom stereocenters. The molecule has 0 aliphatic heterocycles. The Morgan fingerprint density at radius 1 is 1.09 bits per heavy atom. The summed E-state index contributed by atoms with van der Waals surface area (Å²) in [4.78, 5) is 21.2. The summed E-state index contributed by atoms with van der Waals surface area (Å²) in [5.74, 6) is 1.36. The van der Waals surface area contributed by atoms with Crippen LogP contribution in [-0.4, -0.2) is 27.6 Å². The van der Waals surface area contributed by atoms with Gasteiger partial charge in [0, 0.05) is 23.0 Å². The number of rotatable bonds is 7. The molecule has 0 aliphatic carbocycles. The van der Waals surface area contributed by atoms with Gasteiger partial charge in [-0.1, -0.05) is 54.1 Å². The number of fused-ring (bicyclic) bond motifs is 1. The van der Waals surface area contributed by atoms with Gasteiger partial charge < -0.3 is 19.6 Å². The van der Waals surface area contributed by atoms with Crippen molar-refractivity contribution >= 4 is 28.4 Å². The Morgan fingerprint density at radius 2 is 1.83 bits per heavy atom. The van der Waals surface area contributed by atoms with E-state index in [1.807, 2.05) is 96.7 Å². The van der Waals surface area contributed by atoms with E-state index in [-0.39, 0.29) is 11.9 Å². The summed E-state index contributed by atoms with van der Waals surface area (Å²) in [5, 5.41) is 4.87. The van der Waals surface area contributed by atoms with E-state index < -0.39 is 0 Å². The second-order valence-corrected chi connectivity index (χ2v) is 8.85. The van der Waals surface area contributed by atoms with E-state index in [4.69, 9.17) is 21.3 Å². The Bertz CT molecular complexity index is 1440. The Kier molecular flexibility index (Phi) is 6.29. The van der Waals surface area contributed by atoms with Gasteiger partial charge >= 0.3 is 0 Å². The number of aromatic nitrogens is 3. The summed E-state index contributed by atoms with van der Waals surface area (Å²) in [6.07, 6.45) is 2.40. The molecule has 2 heterocycles. The number of amides is 1. The molecule has 2 aromatic heterocycles. The quantitative estimate of drug-likeness (QED) is 0.300. The van der Waals surface area contributed by atoms with Crippen LogP contribution in [-0.2, 0) is 13.5 Å². The lowest BCUT2D eigenvalue weighted by Crippen LogP contribution is -2.32. The van der Waals surface area contributed by atoms with Crippen LogP contribution in [0, 0.1) is 0 Å². The summed E-state index contributed by atoms with van der Waals surface area (Å²) < 4.78 is 7.31.